The van der Waals surface area contributed by atoms with Crippen LogP contribution in [0.15, 0.2) is 122 Å². The van der Waals surface area contributed by atoms with Crippen LogP contribution in [-0.4, -0.2) is 37.2 Å². The number of unbranched alkanes of at least 4 members (excludes halogenated alkanes) is 32. The molecule has 0 saturated carbocycles. The van der Waals surface area contributed by atoms with Gasteiger partial charge in [-0.1, -0.05) is 335 Å². The number of rotatable bonds is 63. The van der Waals surface area contributed by atoms with Crippen molar-refractivity contribution >= 4 is 17.9 Å². The van der Waals surface area contributed by atoms with Gasteiger partial charge in [0.25, 0.3) is 0 Å². The van der Waals surface area contributed by atoms with Gasteiger partial charge in [0.15, 0.2) is 6.10 Å². The highest BCUT2D eigenvalue weighted by atomic mass is 16.6. The first kappa shape index (κ1) is 78.8. The second-order valence-corrected chi connectivity index (χ2v) is 23.1. The van der Waals surface area contributed by atoms with E-state index in [1.54, 1.807) is 0 Å². The van der Waals surface area contributed by atoms with Gasteiger partial charge in [-0.2, -0.15) is 0 Å². The minimum atomic E-state index is -0.795. The molecule has 1 unspecified atom stereocenters. The van der Waals surface area contributed by atoms with E-state index in [-0.39, 0.29) is 31.1 Å². The van der Waals surface area contributed by atoms with Crippen LogP contribution in [0.1, 0.15) is 329 Å². The first-order valence-corrected chi connectivity index (χ1v) is 35.0. The number of hydrogen-bond donors (Lipinski definition) is 0. The predicted octanol–water partition coefficient (Wildman–Crippen LogP) is 24.3. The van der Waals surface area contributed by atoms with E-state index in [4.69, 9.17) is 14.2 Å². The zero-order valence-corrected chi connectivity index (χ0v) is 54.4. The molecule has 0 rings (SSSR count). The van der Waals surface area contributed by atoms with Crippen molar-refractivity contribution in [1.29, 1.82) is 0 Å². The maximum Gasteiger partial charge on any atom is 0.306 e. The van der Waals surface area contributed by atoms with Gasteiger partial charge in [0.2, 0.25) is 0 Å². The summed E-state index contributed by atoms with van der Waals surface area (Å²) in [5.41, 5.74) is 0. The summed E-state index contributed by atoms with van der Waals surface area (Å²) < 4.78 is 16.8. The van der Waals surface area contributed by atoms with E-state index < -0.39 is 6.10 Å². The average Bonchev–Trinajstić information content (AvgIpc) is 3.50. The molecule has 474 valence electrons. The lowest BCUT2D eigenvalue weighted by atomic mass is 10.0. The van der Waals surface area contributed by atoms with E-state index >= 15 is 0 Å². The van der Waals surface area contributed by atoms with Crippen molar-refractivity contribution in [2.45, 2.75) is 335 Å². The molecule has 0 heterocycles. The smallest absolute Gasteiger partial charge is 0.306 e. The summed E-state index contributed by atoms with van der Waals surface area (Å²) >= 11 is 0. The number of ether oxygens (including phenoxy) is 3. The zero-order chi connectivity index (χ0) is 59.9. The fourth-order valence-electron chi connectivity index (χ4n) is 9.77. The summed E-state index contributed by atoms with van der Waals surface area (Å²) in [6.07, 6.45) is 98.3. The molecule has 0 saturated heterocycles. The van der Waals surface area contributed by atoms with Gasteiger partial charge in [-0.05, 0) is 96.3 Å². The third kappa shape index (κ3) is 68.5. The van der Waals surface area contributed by atoms with E-state index in [9.17, 15) is 14.4 Å². The average molecular weight is 1150 g/mol. The van der Waals surface area contributed by atoms with Gasteiger partial charge in [0.1, 0.15) is 13.2 Å². The predicted molar refractivity (Wildman–Crippen MR) is 362 cm³/mol. The Morgan fingerprint density at radius 1 is 0.253 bits per heavy atom. The van der Waals surface area contributed by atoms with Crippen molar-refractivity contribution < 1.29 is 28.6 Å². The molecule has 0 aliphatic carbocycles. The van der Waals surface area contributed by atoms with Gasteiger partial charge in [0, 0.05) is 19.3 Å². The van der Waals surface area contributed by atoms with Crippen molar-refractivity contribution in [2.24, 2.45) is 0 Å². The topological polar surface area (TPSA) is 78.9 Å². The van der Waals surface area contributed by atoms with Crippen LogP contribution in [0.4, 0.5) is 0 Å². The maximum absolute atomic E-state index is 12.9. The lowest BCUT2D eigenvalue weighted by molar-refractivity contribution is -0.167. The Kier molecular flexibility index (Phi) is 66.7. The standard InChI is InChI=1S/C77H130O6/c1-4-7-10-13-16-18-20-22-24-26-28-30-32-34-35-36-37-38-39-40-41-43-44-46-48-50-52-54-56-58-61-64-67-70-76(79)82-73-74(72-81-75(78)69-66-63-60-15-12-9-6-3)83-77(80)71-68-65-62-59-57-55-53-51-49-47-45-42-33-31-29-27-25-23-21-19-17-14-11-8-5-2/h7,10,16,18,22,24,28,30,34-35,37-38,40-41,44,46,50,52,56,58,74H,4-6,8-9,11-15,17,19-21,23,25-27,29,31-33,36,39,42-43,45,47-49,51,53-55,57,59-73H2,1-3H3/b10-7-,18-16-,24-22-,30-28-,35-34-,38-37-,41-40-,46-44-,52-50-,58-56-. The number of hydrogen-bond acceptors (Lipinski definition) is 6. The Balaban J connectivity index is 4.19. The molecule has 0 spiro atoms. The molecule has 0 fully saturated rings. The Labute approximate surface area is 513 Å². The van der Waals surface area contributed by atoms with Crippen molar-refractivity contribution in [3.8, 4) is 0 Å². The number of carbonyl (C=O) groups excluding carboxylic acids is 3. The Morgan fingerprint density at radius 3 is 0.735 bits per heavy atom. The van der Waals surface area contributed by atoms with Crippen LogP contribution in [0.5, 0.6) is 0 Å². The van der Waals surface area contributed by atoms with Gasteiger partial charge in [-0.15, -0.1) is 0 Å². The zero-order valence-electron chi connectivity index (χ0n) is 54.4. The van der Waals surface area contributed by atoms with E-state index in [1.807, 2.05) is 0 Å². The summed E-state index contributed by atoms with van der Waals surface area (Å²) in [6, 6.07) is 0. The lowest BCUT2D eigenvalue weighted by Gasteiger charge is -2.18. The van der Waals surface area contributed by atoms with Gasteiger partial charge in [-0.3, -0.25) is 14.4 Å². The highest BCUT2D eigenvalue weighted by Crippen LogP contribution is 2.17. The highest BCUT2D eigenvalue weighted by Gasteiger charge is 2.19. The highest BCUT2D eigenvalue weighted by molar-refractivity contribution is 5.71. The molecule has 0 aliphatic heterocycles. The summed E-state index contributed by atoms with van der Waals surface area (Å²) in [7, 11) is 0. The molecule has 1 atom stereocenters. The molecule has 6 heteroatoms. The van der Waals surface area contributed by atoms with E-state index in [0.717, 1.165) is 122 Å². The normalized spacial score (nSPS) is 12.9. The van der Waals surface area contributed by atoms with E-state index in [0.29, 0.717) is 19.3 Å². The molecule has 0 N–H and O–H groups in total. The van der Waals surface area contributed by atoms with Crippen LogP contribution >= 0.6 is 0 Å². The third-order valence-corrected chi connectivity index (χ3v) is 15.0. The van der Waals surface area contributed by atoms with Gasteiger partial charge < -0.3 is 14.2 Å². The fraction of sp³-hybridized carbons (Fsp3) is 0.701. The van der Waals surface area contributed by atoms with Gasteiger partial charge in [-0.25, -0.2) is 0 Å². The first-order valence-electron chi connectivity index (χ1n) is 35.0. The lowest BCUT2D eigenvalue weighted by Crippen LogP contribution is -2.30. The largest absolute Gasteiger partial charge is 0.462 e. The summed E-state index contributed by atoms with van der Waals surface area (Å²) in [6.45, 7) is 6.48. The van der Waals surface area contributed by atoms with Crippen molar-refractivity contribution in [3.63, 3.8) is 0 Å². The SMILES string of the molecule is CC/C=C\C/C=C\C/C=C\C/C=C\C/C=C\C/C=C\C/C=C\C/C=C\C/C=C\C/C=C\CCCCC(=O)OCC(COC(=O)CCCCCCCCC)OC(=O)CCCCCCCCCCCCCCCCCCCCCCCCCCC. The minimum Gasteiger partial charge on any atom is -0.462 e. The Morgan fingerprint density at radius 2 is 0.470 bits per heavy atom. The Bertz CT molecular complexity index is 1700. The van der Waals surface area contributed by atoms with Crippen LogP contribution in [0, 0.1) is 0 Å². The first-order chi connectivity index (χ1) is 41.0. The van der Waals surface area contributed by atoms with Crippen LogP contribution in [0.25, 0.3) is 0 Å². The number of carbonyl (C=O) groups is 3. The molecular formula is C77H130O6. The van der Waals surface area contributed by atoms with Crippen LogP contribution < -0.4 is 0 Å². The molecule has 0 radical (unpaired) electrons. The van der Waals surface area contributed by atoms with Crippen molar-refractivity contribution in [3.05, 3.63) is 122 Å². The third-order valence-electron chi connectivity index (χ3n) is 15.0. The summed E-state index contributed by atoms with van der Waals surface area (Å²) in [5, 5.41) is 0. The molecule has 83 heavy (non-hydrogen) atoms. The molecule has 0 aliphatic rings. The second-order valence-electron chi connectivity index (χ2n) is 23.1. The number of esters is 3. The van der Waals surface area contributed by atoms with Crippen LogP contribution in [0.3, 0.4) is 0 Å². The van der Waals surface area contributed by atoms with Crippen LogP contribution in [-0.2, 0) is 28.6 Å². The molecule has 6 nitrogen and oxygen atoms in total. The van der Waals surface area contributed by atoms with Crippen LogP contribution in [0.2, 0.25) is 0 Å². The number of allylic oxidation sites excluding steroid dienone is 20. The molecule has 0 aromatic rings. The monoisotopic (exact) mass is 1150 g/mol. The molecule has 0 aromatic carbocycles. The van der Waals surface area contributed by atoms with E-state index in [1.165, 1.54) is 167 Å². The van der Waals surface area contributed by atoms with Gasteiger partial charge >= 0.3 is 17.9 Å². The maximum atomic E-state index is 12.9. The fourth-order valence-corrected chi connectivity index (χ4v) is 9.77. The second kappa shape index (κ2) is 70.3. The van der Waals surface area contributed by atoms with Gasteiger partial charge in [0.05, 0.1) is 0 Å². The van der Waals surface area contributed by atoms with E-state index in [2.05, 4.69) is 142 Å². The molecule has 0 amide bonds. The molecular weight excluding hydrogens is 1020 g/mol. The summed E-state index contributed by atoms with van der Waals surface area (Å²) in [5.74, 6) is -0.933. The summed E-state index contributed by atoms with van der Waals surface area (Å²) in [4.78, 5) is 38.1. The minimum absolute atomic E-state index is 0.0903. The molecule has 0 aromatic heterocycles. The van der Waals surface area contributed by atoms with Crippen molar-refractivity contribution in [1.82, 2.24) is 0 Å². The Hall–Kier alpha value is -4.19. The van der Waals surface area contributed by atoms with Crippen molar-refractivity contribution in [2.75, 3.05) is 13.2 Å². The molecule has 0 bridgehead atoms. The quantitative estimate of drug-likeness (QED) is 0.0261.